The second-order valence-electron chi connectivity index (χ2n) is 3.48. The number of alkyl halides is 1. The van der Waals surface area contributed by atoms with E-state index in [9.17, 15) is 0 Å². The van der Waals surface area contributed by atoms with Gasteiger partial charge in [0.2, 0.25) is 0 Å². The molecule has 2 nitrogen and oxygen atoms in total. The Bertz CT molecular complexity index is 333. The van der Waals surface area contributed by atoms with Gasteiger partial charge in [-0.1, -0.05) is 22.0 Å². The Hall–Kier alpha value is -0.250. The largest absolute Gasteiger partial charge is 0.383 e. The minimum Gasteiger partial charge on any atom is -0.383 e. The van der Waals surface area contributed by atoms with Crippen LogP contribution in [0.2, 0.25) is 0 Å². The van der Waals surface area contributed by atoms with Gasteiger partial charge in [0.05, 0.1) is 6.61 Å². The summed E-state index contributed by atoms with van der Waals surface area (Å²) in [7, 11) is 1.72. The van der Waals surface area contributed by atoms with Gasteiger partial charge in [0.1, 0.15) is 0 Å². The number of benzene rings is 1. The first kappa shape index (κ1) is 13.8. The maximum atomic E-state index is 5.95. The highest BCUT2D eigenvalue weighted by atomic mass is 79.9. The Kier molecular flexibility index (Phi) is 6.17. The molecule has 0 atom stereocenters. The number of hydrogen-bond donors (Lipinski definition) is 0. The molecule has 0 aliphatic carbocycles. The molecule has 0 saturated carbocycles. The number of hydrogen-bond acceptors (Lipinski definition) is 2. The molecule has 4 heteroatoms. The summed E-state index contributed by atoms with van der Waals surface area (Å²) in [6, 6.07) is 6.18. The molecule has 0 N–H and O–H groups in total. The van der Waals surface area contributed by atoms with Gasteiger partial charge >= 0.3 is 0 Å². The number of halogens is 2. The van der Waals surface area contributed by atoms with Gasteiger partial charge in [0, 0.05) is 36.2 Å². The summed E-state index contributed by atoms with van der Waals surface area (Å²) >= 11 is 9.44. The number of rotatable bonds is 6. The Morgan fingerprint density at radius 3 is 2.75 bits per heavy atom. The molecule has 0 aromatic heterocycles. The van der Waals surface area contributed by atoms with Crippen molar-refractivity contribution in [3.05, 3.63) is 28.2 Å². The summed E-state index contributed by atoms with van der Waals surface area (Å²) < 4.78 is 6.19. The lowest BCUT2D eigenvalue weighted by Crippen LogP contribution is -2.27. The molecule has 0 heterocycles. The van der Waals surface area contributed by atoms with Crippen molar-refractivity contribution in [3.63, 3.8) is 0 Å². The molecule has 0 radical (unpaired) electrons. The van der Waals surface area contributed by atoms with Gasteiger partial charge in [-0.15, -0.1) is 11.6 Å². The van der Waals surface area contributed by atoms with E-state index in [1.54, 1.807) is 7.11 Å². The Balaban J connectivity index is 2.92. The summed E-state index contributed by atoms with van der Waals surface area (Å²) in [6.07, 6.45) is 0. The molecule has 16 heavy (non-hydrogen) atoms. The fourth-order valence-electron chi connectivity index (χ4n) is 1.59. The summed E-state index contributed by atoms with van der Waals surface area (Å²) in [5.41, 5.74) is 2.34. The van der Waals surface area contributed by atoms with E-state index >= 15 is 0 Å². The average molecular weight is 307 g/mol. The molecule has 1 aromatic carbocycles. The molecule has 0 saturated heterocycles. The molecule has 0 spiro atoms. The van der Waals surface area contributed by atoms with Crippen LogP contribution in [0.15, 0.2) is 22.7 Å². The van der Waals surface area contributed by atoms with Crippen LogP contribution in [0.4, 0.5) is 5.69 Å². The van der Waals surface area contributed by atoms with E-state index < -0.39 is 0 Å². The molecule has 0 unspecified atom stereocenters. The van der Waals surface area contributed by atoms with Crippen molar-refractivity contribution in [3.8, 4) is 0 Å². The quantitative estimate of drug-likeness (QED) is 0.744. The van der Waals surface area contributed by atoms with Crippen molar-refractivity contribution in [1.29, 1.82) is 0 Å². The van der Waals surface area contributed by atoms with Crippen LogP contribution in [0.25, 0.3) is 0 Å². The minimum atomic E-state index is 0.534. The molecule has 0 bridgehead atoms. The zero-order valence-electron chi connectivity index (χ0n) is 9.67. The first-order valence-corrected chi connectivity index (χ1v) is 6.64. The van der Waals surface area contributed by atoms with Crippen molar-refractivity contribution < 1.29 is 4.74 Å². The summed E-state index contributed by atoms with van der Waals surface area (Å²) in [5.74, 6) is 0.534. The van der Waals surface area contributed by atoms with Crippen molar-refractivity contribution in [2.24, 2.45) is 0 Å². The molecular weight excluding hydrogens is 289 g/mol. The van der Waals surface area contributed by atoms with Crippen LogP contribution in [0.3, 0.4) is 0 Å². The molecule has 0 amide bonds. The van der Waals surface area contributed by atoms with E-state index in [0.717, 1.165) is 29.7 Å². The van der Waals surface area contributed by atoms with Crippen LogP contribution in [-0.4, -0.2) is 26.8 Å². The molecule has 0 aliphatic rings. The predicted octanol–water partition coefficient (Wildman–Crippen LogP) is 3.66. The lowest BCUT2D eigenvalue weighted by molar-refractivity contribution is 0.205. The van der Waals surface area contributed by atoms with Crippen molar-refractivity contribution in [2.45, 2.75) is 12.8 Å². The minimum absolute atomic E-state index is 0.534. The van der Waals surface area contributed by atoms with Gasteiger partial charge in [0.15, 0.2) is 0 Å². The SMILES string of the molecule is CCN(CCOC)c1cc(Br)ccc1CCl. The molecule has 0 fully saturated rings. The molecule has 0 aliphatic heterocycles. The Morgan fingerprint density at radius 1 is 1.44 bits per heavy atom. The zero-order valence-corrected chi connectivity index (χ0v) is 12.0. The van der Waals surface area contributed by atoms with Crippen molar-refractivity contribution in [1.82, 2.24) is 0 Å². The smallest absolute Gasteiger partial charge is 0.0637 e. The number of ether oxygens (including phenoxy) is 1. The maximum absolute atomic E-state index is 5.95. The van der Waals surface area contributed by atoms with Gasteiger partial charge in [-0.2, -0.15) is 0 Å². The van der Waals surface area contributed by atoms with Gasteiger partial charge < -0.3 is 9.64 Å². The van der Waals surface area contributed by atoms with Crippen LogP contribution in [0.1, 0.15) is 12.5 Å². The third-order valence-electron chi connectivity index (χ3n) is 2.48. The second kappa shape index (κ2) is 7.15. The molecule has 1 rings (SSSR count). The molecule has 1 aromatic rings. The van der Waals surface area contributed by atoms with Crippen LogP contribution in [0.5, 0.6) is 0 Å². The standard InChI is InChI=1S/C12H17BrClNO/c1-3-15(6-7-16-2)12-8-11(13)5-4-10(12)9-14/h4-5,8H,3,6-7,9H2,1-2H3. The van der Waals surface area contributed by atoms with Crippen LogP contribution >= 0.6 is 27.5 Å². The predicted molar refractivity (Wildman–Crippen MR) is 73.5 cm³/mol. The Morgan fingerprint density at radius 2 is 2.19 bits per heavy atom. The number of likely N-dealkylation sites (N-methyl/N-ethyl adjacent to an activating group) is 1. The fraction of sp³-hybridized carbons (Fsp3) is 0.500. The molecule has 90 valence electrons. The highest BCUT2D eigenvalue weighted by Gasteiger charge is 2.09. The van der Waals surface area contributed by atoms with Crippen LogP contribution in [0, 0.1) is 0 Å². The number of nitrogens with zero attached hydrogens (tertiary/aromatic N) is 1. The monoisotopic (exact) mass is 305 g/mol. The highest BCUT2D eigenvalue weighted by Crippen LogP contribution is 2.26. The van der Waals surface area contributed by atoms with E-state index in [1.165, 1.54) is 5.69 Å². The topological polar surface area (TPSA) is 12.5 Å². The average Bonchev–Trinajstić information content (AvgIpc) is 2.30. The van der Waals surface area contributed by atoms with E-state index in [0.29, 0.717) is 5.88 Å². The normalized spacial score (nSPS) is 10.5. The van der Waals surface area contributed by atoms with E-state index in [2.05, 4.69) is 39.9 Å². The van der Waals surface area contributed by atoms with Gasteiger partial charge in [-0.05, 0) is 24.6 Å². The van der Waals surface area contributed by atoms with Crippen molar-refractivity contribution in [2.75, 3.05) is 31.7 Å². The van der Waals surface area contributed by atoms with Crippen LogP contribution < -0.4 is 4.90 Å². The van der Waals surface area contributed by atoms with Gasteiger partial charge in [-0.3, -0.25) is 0 Å². The highest BCUT2D eigenvalue weighted by molar-refractivity contribution is 9.10. The fourth-order valence-corrected chi connectivity index (χ4v) is 2.17. The van der Waals surface area contributed by atoms with Gasteiger partial charge in [-0.25, -0.2) is 0 Å². The summed E-state index contributed by atoms with van der Waals surface area (Å²) in [5, 5.41) is 0. The van der Waals surface area contributed by atoms with Gasteiger partial charge in [0.25, 0.3) is 0 Å². The van der Waals surface area contributed by atoms with Crippen molar-refractivity contribution >= 4 is 33.2 Å². The van der Waals surface area contributed by atoms with E-state index in [-0.39, 0.29) is 0 Å². The Labute approximate surface area is 111 Å². The van der Waals surface area contributed by atoms with E-state index in [4.69, 9.17) is 16.3 Å². The number of methoxy groups -OCH3 is 1. The summed E-state index contributed by atoms with van der Waals surface area (Å²) in [6.45, 7) is 4.69. The molecular formula is C12H17BrClNO. The maximum Gasteiger partial charge on any atom is 0.0637 e. The lowest BCUT2D eigenvalue weighted by atomic mass is 10.2. The van der Waals surface area contributed by atoms with Crippen LogP contribution in [-0.2, 0) is 10.6 Å². The third kappa shape index (κ3) is 3.65. The third-order valence-corrected chi connectivity index (χ3v) is 3.26. The zero-order chi connectivity index (χ0) is 12.0. The first-order chi connectivity index (χ1) is 7.72. The first-order valence-electron chi connectivity index (χ1n) is 5.31. The summed E-state index contributed by atoms with van der Waals surface area (Å²) in [4.78, 5) is 2.27. The number of anilines is 1. The lowest BCUT2D eigenvalue weighted by Gasteiger charge is -2.25. The second-order valence-corrected chi connectivity index (χ2v) is 4.66. The van der Waals surface area contributed by atoms with E-state index in [1.807, 2.05) is 6.07 Å².